The van der Waals surface area contributed by atoms with E-state index in [-0.39, 0.29) is 11.9 Å². The fourth-order valence-electron chi connectivity index (χ4n) is 2.75. The van der Waals surface area contributed by atoms with E-state index in [9.17, 15) is 4.79 Å². The van der Waals surface area contributed by atoms with Gasteiger partial charge in [0.25, 0.3) is 0 Å². The average Bonchev–Trinajstić information content (AvgIpc) is 3.14. The normalized spacial score (nSPS) is 10.9. The van der Waals surface area contributed by atoms with Gasteiger partial charge < -0.3 is 4.90 Å². The monoisotopic (exact) mass is 365 g/mol. The van der Waals surface area contributed by atoms with Crippen molar-refractivity contribution in [2.45, 2.75) is 39.3 Å². The maximum Gasteiger partial charge on any atom is 0.223 e. The predicted octanol–water partition coefficient (Wildman–Crippen LogP) is 4.57. The van der Waals surface area contributed by atoms with Crippen LogP contribution in [0.5, 0.6) is 0 Å². The first-order valence-electron chi connectivity index (χ1n) is 8.82. The fraction of sp³-hybridized carbons (Fsp3) is 0.286. The second kappa shape index (κ2) is 8.72. The van der Waals surface area contributed by atoms with Gasteiger partial charge in [-0.3, -0.25) is 9.78 Å². The lowest BCUT2D eigenvalue weighted by molar-refractivity contribution is -0.133. The fourth-order valence-corrected chi connectivity index (χ4v) is 3.58. The number of pyridine rings is 1. The van der Waals surface area contributed by atoms with Crippen molar-refractivity contribution in [3.05, 3.63) is 71.4 Å². The second-order valence-corrected chi connectivity index (χ2v) is 7.32. The Labute approximate surface area is 158 Å². The maximum atomic E-state index is 12.7. The molecule has 26 heavy (non-hydrogen) atoms. The smallest absolute Gasteiger partial charge is 0.223 e. The van der Waals surface area contributed by atoms with E-state index in [2.05, 4.69) is 35.9 Å². The lowest BCUT2D eigenvalue weighted by Crippen LogP contribution is -2.36. The molecule has 0 N–H and O–H groups in total. The zero-order valence-corrected chi connectivity index (χ0v) is 15.9. The minimum absolute atomic E-state index is 0.163. The van der Waals surface area contributed by atoms with Crippen molar-refractivity contribution in [1.29, 1.82) is 0 Å². The summed E-state index contributed by atoms with van der Waals surface area (Å²) < 4.78 is 0. The number of aromatic nitrogens is 2. The summed E-state index contributed by atoms with van der Waals surface area (Å²) in [5.41, 5.74) is 2.98. The Bertz CT molecular complexity index is 831. The number of hydrogen-bond acceptors (Lipinski definition) is 4. The standard InChI is InChI=1S/C21H23N3OS/c1-16(2)24(14-17-8-4-3-5-9-17)20(25)12-11-18-15-26-21(23-18)19-10-6-7-13-22-19/h3-10,13,15-16H,11-12,14H2,1-2H3. The quantitative estimate of drug-likeness (QED) is 0.616. The Morgan fingerprint density at radius 3 is 2.58 bits per heavy atom. The molecule has 0 bridgehead atoms. The van der Waals surface area contributed by atoms with Crippen LogP contribution in [-0.4, -0.2) is 26.8 Å². The molecule has 0 atom stereocenters. The molecule has 0 fully saturated rings. The van der Waals surface area contributed by atoms with Crippen LogP contribution in [0.25, 0.3) is 10.7 Å². The summed E-state index contributed by atoms with van der Waals surface area (Å²) in [6.07, 6.45) is 2.89. The molecular weight excluding hydrogens is 342 g/mol. The van der Waals surface area contributed by atoms with E-state index >= 15 is 0 Å². The molecule has 0 aliphatic rings. The van der Waals surface area contributed by atoms with Crippen LogP contribution in [-0.2, 0) is 17.8 Å². The van der Waals surface area contributed by atoms with Crippen molar-refractivity contribution < 1.29 is 4.79 Å². The van der Waals surface area contributed by atoms with Gasteiger partial charge in [0.2, 0.25) is 5.91 Å². The molecule has 3 aromatic rings. The van der Waals surface area contributed by atoms with Crippen molar-refractivity contribution in [1.82, 2.24) is 14.9 Å². The summed E-state index contributed by atoms with van der Waals surface area (Å²) >= 11 is 1.57. The van der Waals surface area contributed by atoms with Crippen LogP contribution in [0, 0.1) is 0 Å². The average molecular weight is 366 g/mol. The maximum absolute atomic E-state index is 12.7. The van der Waals surface area contributed by atoms with Crippen molar-refractivity contribution in [3.8, 4) is 10.7 Å². The largest absolute Gasteiger partial charge is 0.336 e. The highest BCUT2D eigenvalue weighted by atomic mass is 32.1. The van der Waals surface area contributed by atoms with E-state index in [0.29, 0.717) is 19.4 Å². The minimum atomic E-state index is 0.163. The van der Waals surface area contributed by atoms with Gasteiger partial charge in [-0.15, -0.1) is 11.3 Å². The van der Waals surface area contributed by atoms with E-state index in [1.54, 1.807) is 17.5 Å². The topological polar surface area (TPSA) is 46.1 Å². The molecule has 5 heteroatoms. The van der Waals surface area contributed by atoms with E-state index in [0.717, 1.165) is 22.0 Å². The number of hydrogen-bond donors (Lipinski definition) is 0. The third-order valence-electron chi connectivity index (χ3n) is 4.17. The molecule has 2 aromatic heterocycles. The molecule has 4 nitrogen and oxygen atoms in total. The van der Waals surface area contributed by atoms with Crippen LogP contribution >= 0.6 is 11.3 Å². The Hall–Kier alpha value is -2.53. The summed E-state index contributed by atoms with van der Waals surface area (Å²) in [6, 6.07) is 16.1. The lowest BCUT2D eigenvalue weighted by Gasteiger charge is -2.27. The predicted molar refractivity (Wildman–Crippen MR) is 106 cm³/mol. The third kappa shape index (κ3) is 4.76. The second-order valence-electron chi connectivity index (χ2n) is 6.46. The molecule has 0 saturated carbocycles. The van der Waals surface area contributed by atoms with Gasteiger partial charge in [-0.05, 0) is 38.0 Å². The molecule has 0 unspecified atom stereocenters. The van der Waals surface area contributed by atoms with Crippen molar-refractivity contribution in [3.63, 3.8) is 0 Å². The Morgan fingerprint density at radius 1 is 1.12 bits per heavy atom. The number of carbonyl (C=O) groups excluding carboxylic acids is 1. The number of rotatable bonds is 7. The van der Waals surface area contributed by atoms with Crippen LogP contribution in [0.3, 0.4) is 0 Å². The molecule has 3 rings (SSSR count). The molecule has 2 heterocycles. The molecule has 0 aliphatic heterocycles. The molecule has 1 aromatic carbocycles. The molecule has 0 saturated heterocycles. The number of nitrogens with zero attached hydrogens (tertiary/aromatic N) is 3. The number of thiazole rings is 1. The first kappa shape index (κ1) is 18.3. The molecule has 0 spiro atoms. The van der Waals surface area contributed by atoms with E-state index in [1.165, 1.54) is 0 Å². The summed E-state index contributed by atoms with van der Waals surface area (Å²) in [5, 5.41) is 2.92. The third-order valence-corrected chi connectivity index (χ3v) is 5.08. The van der Waals surface area contributed by atoms with Gasteiger partial charge in [0.1, 0.15) is 5.01 Å². The molecular formula is C21H23N3OS. The number of aryl methyl sites for hydroxylation is 1. The highest BCUT2D eigenvalue weighted by Crippen LogP contribution is 2.22. The molecule has 0 radical (unpaired) electrons. The van der Waals surface area contributed by atoms with Gasteiger partial charge in [-0.2, -0.15) is 0 Å². The minimum Gasteiger partial charge on any atom is -0.336 e. The summed E-state index contributed by atoms with van der Waals surface area (Å²) in [5.74, 6) is 0.163. The molecule has 134 valence electrons. The summed E-state index contributed by atoms with van der Waals surface area (Å²) in [7, 11) is 0. The summed E-state index contributed by atoms with van der Waals surface area (Å²) in [4.78, 5) is 23.6. The summed E-state index contributed by atoms with van der Waals surface area (Å²) in [6.45, 7) is 4.76. The van der Waals surface area contributed by atoms with Crippen molar-refractivity contribution >= 4 is 17.2 Å². The first-order valence-corrected chi connectivity index (χ1v) is 9.70. The van der Waals surface area contributed by atoms with Gasteiger partial charge in [0.15, 0.2) is 0 Å². The van der Waals surface area contributed by atoms with Gasteiger partial charge in [0.05, 0.1) is 11.4 Å². The van der Waals surface area contributed by atoms with Crippen LogP contribution in [0.4, 0.5) is 0 Å². The number of amides is 1. The Balaban J connectivity index is 1.61. The Morgan fingerprint density at radius 2 is 1.88 bits per heavy atom. The van der Waals surface area contributed by atoms with Gasteiger partial charge in [0, 0.05) is 30.6 Å². The SMILES string of the molecule is CC(C)N(Cc1ccccc1)C(=O)CCc1csc(-c2ccccn2)n1. The van der Waals surface area contributed by atoms with E-state index in [4.69, 9.17) is 0 Å². The zero-order chi connectivity index (χ0) is 18.4. The van der Waals surface area contributed by atoms with Crippen LogP contribution in [0.1, 0.15) is 31.5 Å². The first-order chi connectivity index (χ1) is 12.6. The highest BCUT2D eigenvalue weighted by Gasteiger charge is 2.18. The number of benzene rings is 1. The van der Waals surface area contributed by atoms with Crippen LogP contribution in [0.2, 0.25) is 0 Å². The molecule has 1 amide bonds. The number of carbonyl (C=O) groups is 1. The molecule has 0 aliphatic carbocycles. The van der Waals surface area contributed by atoms with Crippen LogP contribution in [0.15, 0.2) is 60.1 Å². The van der Waals surface area contributed by atoms with Crippen LogP contribution < -0.4 is 0 Å². The van der Waals surface area contributed by atoms with E-state index < -0.39 is 0 Å². The highest BCUT2D eigenvalue weighted by molar-refractivity contribution is 7.13. The van der Waals surface area contributed by atoms with Gasteiger partial charge in [-0.25, -0.2) is 4.98 Å². The lowest BCUT2D eigenvalue weighted by atomic mass is 10.1. The van der Waals surface area contributed by atoms with Gasteiger partial charge >= 0.3 is 0 Å². The van der Waals surface area contributed by atoms with Gasteiger partial charge in [-0.1, -0.05) is 36.4 Å². The Kier molecular flexibility index (Phi) is 6.12. The van der Waals surface area contributed by atoms with Crippen molar-refractivity contribution in [2.24, 2.45) is 0 Å². The van der Waals surface area contributed by atoms with Crippen molar-refractivity contribution in [2.75, 3.05) is 0 Å². The zero-order valence-electron chi connectivity index (χ0n) is 15.1. The van der Waals surface area contributed by atoms with E-state index in [1.807, 2.05) is 46.7 Å².